The molecule has 33 heavy (non-hydrogen) atoms. The molecule has 178 valence electrons. The van der Waals surface area contributed by atoms with Crippen LogP contribution in [0.3, 0.4) is 0 Å². The van der Waals surface area contributed by atoms with Crippen LogP contribution in [0, 0.1) is 0 Å². The summed E-state index contributed by atoms with van der Waals surface area (Å²) in [5, 5.41) is 2.59. The molecule has 0 unspecified atom stereocenters. The zero-order chi connectivity index (χ0) is 24.0. The van der Waals surface area contributed by atoms with Gasteiger partial charge in [-0.25, -0.2) is 13.2 Å². The van der Waals surface area contributed by atoms with Crippen LogP contribution in [0.15, 0.2) is 41.3 Å². The lowest BCUT2D eigenvalue weighted by Gasteiger charge is -2.18. The fourth-order valence-corrected chi connectivity index (χ4v) is 5.07. The normalized spacial score (nSPS) is 13.9. The van der Waals surface area contributed by atoms with Crippen molar-refractivity contribution >= 4 is 27.6 Å². The molecule has 11 heteroatoms. The van der Waals surface area contributed by atoms with Gasteiger partial charge in [-0.3, -0.25) is 4.79 Å². The number of hydrogen-bond acceptors (Lipinski definition) is 8. The summed E-state index contributed by atoms with van der Waals surface area (Å²) >= 11 is 0. The number of hydrogen-bond donors (Lipinski definition) is 1. The Morgan fingerprint density at radius 2 is 1.64 bits per heavy atom. The third-order valence-electron chi connectivity index (χ3n) is 5.10. The maximum absolute atomic E-state index is 13.0. The van der Waals surface area contributed by atoms with Crippen LogP contribution in [0.5, 0.6) is 17.2 Å². The molecular formula is C22H26N2O8S. The lowest BCUT2D eigenvalue weighted by atomic mass is 10.2. The molecule has 1 N–H and O–H groups in total. The predicted molar refractivity (Wildman–Crippen MR) is 119 cm³/mol. The largest absolute Gasteiger partial charge is 0.497 e. The Bertz CT molecular complexity index is 1130. The molecule has 1 saturated heterocycles. The minimum absolute atomic E-state index is 0.0107. The van der Waals surface area contributed by atoms with Gasteiger partial charge in [-0.2, -0.15) is 4.31 Å². The van der Waals surface area contributed by atoms with E-state index in [9.17, 15) is 18.0 Å². The first kappa shape index (κ1) is 24.3. The first-order valence-electron chi connectivity index (χ1n) is 10.2. The quantitative estimate of drug-likeness (QED) is 0.545. The lowest BCUT2D eigenvalue weighted by molar-refractivity contribution is -0.119. The van der Waals surface area contributed by atoms with Crippen molar-refractivity contribution in [3.63, 3.8) is 0 Å². The van der Waals surface area contributed by atoms with E-state index in [0.717, 1.165) is 12.8 Å². The molecule has 1 aliphatic rings. The van der Waals surface area contributed by atoms with Gasteiger partial charge < -0.3 is 24.3 Å². The monoisotopic (exact) mass is 478 g/mol. The SMILES string of the molecule is COc1ccc(NC(=O)COC(=O)c2ccc(OC)c(S(=O)(=O)N3CCCC3)c2)c(OC)c1. The number of carbonyl (C=O) groups excluding carboxylic acids is 2. The summed E-state index contributed by atoms with van der Waals surface area (Å²) in [6.45, 7) is 0.249. The van der Waals surface area contributed by atoms with Crippen LogP contribution in [0.1, 0.15) is 23.2 Å². The van der Waals surface area contributed by atoms with Crippen molar-refractivity contribution < 1.29 is 37.0 Å². The zero-order valence-corrected chi connectivity index (χ0v) is 19.4. The number of ether oxygens (including phenoxy) is 4. The molecule has 0 radical (unpaired) electrons. The Hall–Kier alpha value is -3.31. The maximum atomic E-state index is 13.0. The maximum Gasteiger partial charge on any atom is 0.338 e. The number of carbonyl (C=O) groups is 2. The first-order valence-corrected chi connectivity index (χ1v) is 11.6. The summed E-state index contributed by atoms with van der Waals surface area (Å²) in [6.07, 6.45) is 1.55. The second-order valence-electron chi connectivity index (χ2n) is 7.17. The van der Waals surface area contributed by atoms with Crippen molar-refractivity contribution in [2.45, 2.75) is 17.7 Å². The lowest BCUT2D eigenvalue weighted by Crippen LogP contribution is -2.28. The van der Waals surface area contributed by atoms with E-state index in [1.54, 1.807) is 18.2 Å². The average Bonchev–Trinajstić information content (AvgIpc) is 3.38. The third-order valence-corrected chi connectivity index (χ3v) is 7.02. The molecule has 0 atom stereocenters. The summed E-state index contributed by atoms with van der Waals surface area (Å²) in [5.41, 5.74) is 0.367. The zero-order valence-electron chi connectivity index (χ0n) is 18.6. The number of benzene rings is 2. The molecule has 0 aromatic heterocycles. The Kier molecular flexibility index (Phi) is 7.77. The minimum atomic E-state index is -3.83. The molecule has 0 aliphatic carbocycles. The van der Waals surface area contributed by atoms with Gasteiger partial charge >= 0.3 is 5.97 Å². The second-order valence-corrected chi connectivity index (χ2v) is 9.07. The number of anilines is 1. The van der Waals surface area contributed by atoms with Crippen LogP contribution in [0.4, 0.5) is 5.69 Å². The molecular weight excluding hydrogens is 452 g/mol. The molecule has 1 heterocycles. The number of nitrogens with zero attached hydrogens (tertiary/aromatic N) is 1. The third kappa shape index (κ3) is 5.55. The number of sulfonamides is 1. The van der Waals surface area contributed by atoms with E-state index in [1.165, 1.54) is 43.8 Å². The van der Waals surface area contributed by atoms with E-state index >= 15 is 0 Å². The molecule has 1 aliphatic heterocycles. The van der Waals surface area contributed by atoms with Crippen molar-refractivity contribution in [2.24, 2.45) is 0 Å². The van der Waals surface area contributed by atoms with Gasteiger partial charge in [0.25, 0.3) is 5.91 Å². The van der Waals surface area contributed by atoms with E-state index in [-0.39, 0.29) is 16.2 Å². The van der Waals surface area contributed by atoms with Crippen molar-refractivity contribution in [1.82, 2.24) is 4.31 Å². The van der Waals surface area contributed by atoms with Crippen LogP contribution < -0.4 is 19.5 Å². The molecule has 10 nitrogen and oxygen atoms in total. The topological polar surface area (TPSA) is 120 Å². The summed E-state index contributed by atoms with van der Waals surface area (Å²) < 4.78 is 47.9. The van der Waals surface area contributed by atoms with Gasteiger partial charge in [0.2, 0.25) is 10.0 Å². The summed E-state index contributed by atoms with van der Waals surface area (Å²) in [6, 6.07) is 8.82. The van der Waals surface area contributed by atoms with Gasteiger partial charge in [0.15, 0.2) is 6.61 Å². The fourth-order valence-electron chi connectivity index (χ4n) is 3.38. The molecule has 2 aromatic rings. The first-order chi connectivity index (χ1) is 15.8. The fraction of sp³-hybridized carbons (Fsp3) is 0.364. The Labute approximate surface area is 192 Å². The van der Waals surface area contributed by atoms with Crippen molar-refractivity contribution in [3.8, 4) is 17.2 Å². The second kappa shape index (κ2) is 10.5. The number of esters is 1. The van der Waals surface area contributed by atoms with Crippen LogP contribution in [-0.2, 0) is 19.6 Å². The van der Waals surface area contributed by atoms with Crippen molar-refractivity contribution in [2.75, 3.05) is 46.3 Å². The van der Waals surface area contributed by atoms with Gasteiger partial charge in [0, 0.05) is 19.2 Å². The van der Waals surface area contributed by atoms with Crippen molar-refractivity contribution in [3.05, 3.63) is 42.0 Å². The van der Waals surface area contributed by atoms with E-state index in [0.29, 0.717) is 30.3 Å². The van der Waals surface area contributed by atoms with Gasteiger partial charge in [0.05, 0.1) is 32.6 Å². The van der Waals surface area contributed by atoms with Crippen LogP contribution in [-0.4, -0.2) is 65.6 Å². The molecule has 1 amide bonds. The molecule has 3 rings (SSSR count). The predicted octanol–water partition coefficient (Wildman–Crippen LogP) is 2.29. The highest BCUT2D eigenvalue weighted by molar-refractivity contribution is 7.89. The highest BCUT2D eigenvalue weighted by Gasteiger charge is 2.31. The highest BCUT2D eigenvalue weighted by atomic mass is 32.2. The van der Waals surface area contributed by atoms with Gasteiger partial charge in [-0.15, -0.1) is 0 Å². The standard InChI is InChI=1S/C22H26N2O8S/c1-29-16-7-8-17(19(13-16)31-3)23-21(25)14-32-22(26)15-6-9-18(30-2)20(12-15)33(27,28)24-10-4-5-11-24/h6-9,12-13H,4-5,10-11,14H2,1-3H3,(H,23,25). The smallest absolute Gasteiger partial charge is 0.338 e. The highest BCUT2D eigenvalue weighted by Crippen LogP contribution is 2.31. The molecule has 1 fully saturated rings. The van der Waals surface area contributed by atoms with Crippen LogP contribution in [0.2, 0.25) is 0 Å². The molecule has 0 spiro atoms. The molecule has 0 bridgehead atoms. The molecule has 2 aromatic carbocycles. The van der Waals surface area contributed by atoms with Crippen LogP contribution >= 0.6 is 0 Å². The Morgan fingerprint density at radius 3 is 2.27 bits per heavy atom. The minimum Gasteiger partial charge on any atom is -0.497 e. The Morgan fingerprint density at radius 1 is 0.939 bits per heavy atom. The van der Waals surface area contributed by atoms with E-state index in [4.69, 9.17) is 18.9 Å². The van der Waals surface area contributed by atoms with Crippen molar-refractivity contribution in [1.29, 1.82) is 0 Å². The van der Waals surface area contributed by atoms with E-state index in [1.807, 2.05) is 0 Å². The van der Waals surface area contributed by atoms with Gasteiger partial charge in [-0.1, -0.05) is 0 Å². The number of rotatable bonds is 9. The number of methoxy groups -OCH3 is 3. The molecule has 0 saturated carbocycles. The van der Waals surface area contributed by atoms with E-state index < -0.39 is 28.5 Å². The number of amides is 1. The number of nitrogens with one attached hydrogen (secondary N) is 1. The summed E-state index contributed by atoms with van der Waals surface area (Å²) in [5.74, 6) is -0.378. The summed E-state index contributed by atoms with van der Waals surface area (Å²) in [7, 11) is 0.483. The average molecular weight is 479 g/mol. The van der Waals surface area contributed by atoms with E-state index in [2.05, 4.69) is 5.32 Å². The van der Waals surface area contributed by atoms with Gasteiger partial charge in [0.1, 0.15) is 22.1 Å². The van der Waals surface area contributed by atoms with Crippen LogP contribution in [0.25, 0.3) is 0 Å². The summed E-state index contributed by atoms with van der Waals surface area (Å²) in [4.78, 5) is 24.7. The Balaban J connectivity index is 1.70. The van der Waals surface area contributed by atoms with Gasteiger partial charge in [-0.05, 0) is 43.2 Å².